The number of anilines is 1. The van der Waals surface area contributed by atoms with E-state index in [1.165, 1.54) is 11.3 Å². The third-order valence-electron chi connectivity index (χ3n) is 3.23. The minimum atomic E-state index is -0.157. The lowest BCUT2D eigenvalue weighted by Crippen LogP contribution is -2.12. The average Bonchev–Trinajstić information content (AvgIpc) is 3.03. The van der Waals surface area contributed by atoms with E-state index in [1.54, 1.807) is 11.8 Å². The van der Waals surface area contributed by atoms with Gasteiger partial charge in [-0.2, -0.15) is 0 Å². The maximum absolute atomic E-state index is 12.4. The molecule has 3 nitrogen and oxygen atoms in total. The van der Waals surface area contributed by atoms with Crippen LogP contribution in [0, 0.1) is 0 Å². The number of benzene rings is 2. The molecule has 23 heavy (non-hydrogen) atoms. The maximum Gasteiger partial charge on any atom is 0.258 e. The lowest BCUT2D eigenvalue weighted by Gasteiger charge is -2.06. The first kappa shape index (κ1) is 16.1. The molecule has 6 heteroatoms. The van der Waals surface area contributed by atoms with Gasteiger partial charge < -0.3 is 0 Å². The summed E-state index contributed by atoms with van der Waals surface area (Å²) in [6, 6.07) is 15.0. The van der Waals surface area contributed by atoms with Gasteiger partial charge in [-0.25, -0.2) is 4.98 Å². The summed E-state index contributed by atoms with van der Waals surface area (Å²) in [6.07, 6.45) is 1.95. The van der Waals surface area contributed by atoms with Crippen LogP contribution in [0.5, 0.6) is 0 Å². The van der Waals surface area contributed by atoms with Crippen LogP contribution in [0.3, 0.4) is 0 Å². The summed E-state index contributed by atoms with van der Waals surface area (Å²) in [5.74, 6) is -0.157. The Kier molecular flexibility index (Phi) is 5.00. The van der Waals surface area contributed by atoms with Crippen LogP contribution in [-0.2, 0) is 0 Å². The zero-order valence-corrected chi connectivity index (χ0v) is 14.6. The summed E-state index contributed by atoms with van der Waals surface area (Å²) in [5.41, 5.74) is 2.26. The third kappa shape index (κ3) is 3.58. The van der Waals surface area contributed by atoms with E-state index in [4.69, 9.17) is 11.6 Å². The highest BCUT2D eigenvalue weighted by Crippen LogP contribution is 2.30. The zero-order chi connectivity index (χ0) is 16.2. The molecule has 2 aromatic carbocycles. The van der Waals surface area contributed by atoms with Crippen LogP contribution >= 0.6 is 34.7 Å². The number of amides is 1. The summed E-state index contributed by atoms with van der Waals surface area (Å²) in [7, 11) is 0. The van der Waals surface area contributed by atoms with Crippen LogP contribution in [-0.4, -0.2) is 17.1 Å². The highest BCUT2D eigenvalue weighted by atomic mass is 35.5. The minimum absolute atomic E-state index is 0.157. The van der Waals surface area contributed by atoms with Crippen LogP contribution in [0.25, 0.3) is 11.3 Å². The standard InChI is InChI=1S/C17H13ClN2OS2/c1-22-15-9-5-3-7-12(15)16(21)20-17-19-14(10-23-17)11-6-2-4-8-13(11)18/h2-10H,1H3,(H,19,20,21). The SMILES string of the molecule is CSc1ccccc1C(=O)Nc1nc(-c2ccccc2Cl)cs1. The van der Waals surface area contributed by atoms with Gasteiger partial charge in [0, 0.05) is 20.9 Å². The maximum atomic E-state index is 12.4. The fourth-order valence-corrected chi connectivity index (χ4v) is 3.65. The first-order valence-electron chi connectivity index (χ1n) is 6.84. The number of carbonyl (C=O) groups is 1. The summed E-state index contributed by atoms with van der Waals surface area (Å²) in [6.45, 7) is 0. The van der Waals surface area contributed by atoms with E-state index in [2.05, 4.69) is 10.3 Å². The van der Waals surface area contributed by atoms with Gasteiger partial charge in [0.15, 0.2) is 5.13 Å². The second-order valence-corrected chi connectivity index (χ2v) is 6.79. The number of nitrogens with zero attached hydrogens (tertiary/aromatic N) is 1. The van der Waals surface area contributed by atoms with E-state index in [0.717, 1.165) is 16.2 Å². The van der Waals surface area contributed by atoms with Crippen LogP contribution in [0.1, 0.15) is 10.4 Å². The molecule has 0 bridgehead atoms. The predicted octanol–water partition coefficient (Wildman–Crippen LogP) is 5.44. The molecular weight excluding hydrogens is 348 g/mol. The molecule has 0 aliphatic heterocycles. The van der Waals surface area contributed by atoms with Crippen LogP contribution in [0.2, 0.25) is 5.02 Å². The Morgan fingerprint density at radius 1 is 1.17 bits per heavy atom. The van der Waals surface area contributed by atoms with Gasteiger partial charge in [-0.3, -0.25) is 10.1 Å². The average molecular weight is 361 g/mol. The number of carbonyl (C=O) groups excluding carboxylic acids is 1. The van der Waals surface area contributed by atoms with Crippen molar-refractivity contribution in [3.05, 3.63) is 64.5 Å². The molecule has 0 saturated heterocycles. The van der Waals surface area contributed by atoms with Gasteiger partial charge >= 0.3 is 0 Å². The Morgan fingerprint density at radius 2 is 1.91 bits per heavy atom. The van der Waals surface area contributed by atoms with Crippen molar-refractivity contribution in [2.24, 2.45) is 0 Å². The van der Waals surface area contributed by atoms with Crippen molar-refractivity contribution in [1.82, 2.24) is 4.98 Å². The van der Waals surface area contributed by atoms with Gasteiger partial charge in [-0.05, 0) is 24.5 Å². The Morgan fingerprint density at radius 3 is 2.70 bits per heavy atom. The first-order chi connectivity index (χ1) is 11.2. The van der Waals surface area contributed by atoms with Gasteiger partial charge in [0.1, 0.15) is 0 Å². The van der Waals surface area contributed by atoms with Crippen LogP contribution in [0.15, 0.2) is 58.8 Å². The van der Waals surface area contributed by atoms with Crippen molar-refractivity contribution in [2.45, 2.75) is 4.90 Å². The smallest absolute Gasteiger partial charge is 0.258 e. The van der Waals surface area contributed by atoms with Gasteiger partial charge in [0.05, 0.1) is 11.3 Å². The summed E-state index contributed by atoms with van der Waals surface area (Å²) in [4.78, 5) is 17.8. The van der Waals surface area contributed by atoms with E-state index in [1.807, 2.05) is 60.2 Å². The summed E-state index contributed by atoms with van der Waals surface area (Å²) < 4.78 is 0. The molecule has 0 saturated carbocycles. The second-order valence-electron chi connectivity index (χ2n) is 4.67. The van der Waals surface area contributed by atoms with E-state index in [-0.39, 0.29) is 5.91 Å². The van der Waals surface area contributed by atoms with E-state index in [9.17, 15) is 4.79 Å². The largest absolute Gasteiger partial charge is 0.298 e. The molecule has 1 N–H and O–H groups in total. The number of thioether (sulfide) groups is 1. The molecule has 0 aliphatic carbocycles. The molecule has 116 valence electrons. The van der Waals surface area contributed by atoms with Crippen molar-refractivity contribution >= 4 is 45.7 Å². The number of rotatable bonds is 4. The van der Waals surface area contributed by atoms with Gasteiger partial charge in [-0.1, -0.05) is 41.9 Å². The van der Waals surface area contributed by atoms with Crippen molar-refractivity contribution < 1.29 is 4.79 Å². The monoisotopic (exact) mass is 360 g/mol. The summed E-state index contributed by atoms with van der Waals surface area (Å²) >= 11 is 9.11. The Balaban J connectivity index is 1.82. The number of halogens is 1. The lowest BCUT2D eigenvalue weighted by atomic mass is 10.2. The van der Waals surface area contributed by atoms with Crippen molar-refractivity contribution in [2.75, 3.05) is 11.6 Å². The molecule has 0 fully saturated rings. The highest BCUT2D eigenvalue weighted by Gasteiger charge is 2.13. The van der Waals surface area contributed by atoms with Gasteiger partial charge in [0.2, 0.25) is 0 Å². The molecule has 0 atom stereocenters. The van der Waals surface area contributed by atoms with Crippen molar-refractivity contribution in [3.8, 4) is 11.3 Å². The lowest BCUT2D eigenvalue weighted by molar-refractivity contribution is 0.102. The summed E-state index contributed by atoms with van der Waals surface area (Å²) in [5, 5.41) is 5.94. The van der Waals surface area contributed by atoms with Crippen molar-refractivity contribution in [3.63, 3.8) is 0 Å². The molecule has 0 spiro atoms. The molecule has 0 aliphatic rings. The number of hydrogen-bond donors (Lipinski definition) is 1. The number of nitrogens with one attached hydrogen (secondary N) is 1. The Labute approximate surface area is 147 Å². The number of aromatic nitrogens is 1. The normalized spacial score (nSPS) is 10.5. The highest BCUT2D eigenvalue weighted by molar-refractivity contribution is 7.98. The molecule has 3 rings (SSSR count). The quantitative estimate of drug-likeness (QED) is 0.630. The van der Waals surface area contributed by atoms with Crippen LogP contribution < -0.4 is 5.32 Å². The minimum Gasteiger partial charge on any atom is -0.298 e. The topological polar surface area (TPSA) is 42.0 Å². The first-order valence-corrected chi connectivity index (χ1v) is 9.32. The van der Waals surface area contributed by atoms with Gasteiger partial charge in [-0.15, -0.1) is 23.1 Å². The molecule has 1 aromatic heterocycles. The molecule has 1 heterocycles. The molecule has 0 radical (unpaired) electrons. The second kappa shape index (κ2) is 7.17. The third-order valence-corrected chi connectivity index (χ3v) is 5.11. The van der Waals surface area contributed by atoms with Crippen LogP contribution in [0.4, 0.5) is 5.13 Å². The van der Waals surface area contributed by atoms with Gasteiger partial charge in [0.25, 0.3) is 5.91 Å². The zero-order valence-electron chi connectivity index (χ0n) is 12.2. The Hall–Kier alpha value is -1.82. The molecule has 0 unspecified atom stereocenters. The van der Waals surface area contributed by atoms with E-state index >= 15 is 0 Å². The predicted molar refractivity (Wildman–Crippen MR) is 98.7 cm³/mol. The molecular formula is C17H13ClN2OS2. The number of hydrogen-bond acceptors (Lipinski definition) is 4. The fourth-order valence-electron chi connectivity index (χ4n) is 2.12. The fraction of sp³-hybridized carbons (Fsp3) is 0.0588. The van der Waals surface area contributed by atoms with E-state index in [0.29, 0.717) is 15.7 Å². The Bertz CT molecular complexity index is 848. The number of thiazole rings is 1. The van der Waals surface area contributed by atoms with Crippen molar-refractivity contribution in [1.29, 1.82) is 0 Å². The molecule has 3 aromatic rings. The van der Waals surface area contributed by atoms with E-state index < -0.39 is 0 Å². The molecule has 1 amide bonds.